The summed E-state index contributed by atoms with van der Waals surface area (Å²) in [6.45, 7) is 0.790. The molecule has 1 heterocycles. The number of carbonyl (C=O) groups excluding carboxylic acids is 1. The molecule has 1 aliphatic rings. The Morgan fingerprint density at radius 1 is 1.39 bits per heavy atom. The Hall–Kier alpha value is -0.250. The third-order valence-corrected chi connectivity index (χ3v) is 4.81. The number of alkyl halides is 1. The molecule has 1 aliphatic heterocycles. The normalized spacial score (nSPS) is 19.9. The Balaban J connectivity index is 2.27. The van der Waals surface area contributed by atoms with Gasteiger partial charge in [0.2, 0.25) is 0 Å². The highest BCUT2D eigenvalue weighted by Gasteiger charge is 2.28. The van der Waals surface area contributed by atoms with Gasteiger partial charge in [0.1, 0.15) is 0 Å². The molecule has 1 aromatic rings. The van der Waals surface area contributed by atoms with Crippen molar-refractivity contribution in [2.75, 3.05) is 11.9 Å². The first-order valence-electron chi connectivity index (χ1n) is 5.96. The van der Waals surface area contributed by atoms with Gasteiger partial charge in [-0.25, -0.2) is 0 Å². The minimum atomic E-state index is -0.0216. The van der Waals surface area contributed by atoms with Gasteiger partial charge in [0.25, 0.3) is 5.91 Å². The van der Waals surface area contributed by atoms with Crippen LogP contribution in [-0.2, 0) is 0 Å². The Kier molecular flexibility index (Phi) is 4.93. The molecule has 1 saturated heterocycles. The van der Waals surface area contributed by atoms with E-state index < -0.39 is 0 Å². The van der Waals surface area contributed by atoms with E-state index in [9.17, 15) is 4.79 Å². The molecule has 0 aliphatic carbocycles. The van der Waals surface area contributed by atoms with Crippen LogP contribution >= 0.6 is 39.1 Å². The number of benzene rings is 1. The van der Waals surface area contributed by atoms with Crippen molar-refractivity contribution >= 4 is 45.0 Å². The maximum atomic E-state index is 12.5. The Morgan fingerprint density at radius 3 is 2.89 bits per heavy atom. The zero-order chi connectivity index (χ0) is 13.1. The fraction of sp³-hybridized carbons (Fsp3) is 0.462. The SMILES string of the molecule is O=C(c1cccc(Cl)c1Cl)N1CCCCC1CBr. The van der Waals surface area contributed by atoms with E-state index in [1.54, 1.807) is 18.2 Å². The van der Waals surface area contributed by atoms with Crippen molar-refractivity contribution in [1.29, 1.82) is 0 Å². The molecule has 0 aromatic heterocycles. The third kappa shape index (κ3) is 2.84. The number of nitrogens with zero attached hydrogens (tertiary/aromatic N) is 1. The molecule has 0 bridgehead atoms. The van der Waals surface area contributed by atoms with E-state index in [0.717, 1.165) is 24.7 Å². The Bertz CT molecular complexity index is 453. The molecular weight excluding hydrogens is 337 g/mol. The van der Waals surface area contributed by atoms with Gasteiger partial charge in [0.15, 0.2) is 0 Å². The molecule has 2 rings (SSSR count). The van der Waals surface area contributed by atoms with Crippen molar-refractivity contribution < 1.29 is 4.79 Å². The summed E-state index contributed by atoms with van der Waals surface area (Å²) in [6.07, 6.45) is 3.26. The van der Waals surface area contributed by atoms with Gasteiger partial charge in [0, 0.05) is 17.9 Å². The van der Waals surface area contributed by atoms with Gasteiger partial charge < -0.3 is 4.90 Å². The second-order valence-corrected chi connectivity index (χ2v) is 5.84. The highest BCUT2D eigenvalue weighted by atomic mass is 79.9. The smallest absolute Gasteiger partial charge is 0.255 e. The molecule has 1 amide bonds. The monoisotopic (exact) mass is 349 g/mol. The molecule has 2 nitrogen and oxygen atoms in total. The van der Waals surface area contributed by atoms with Crippen molar-refractivity contribution in [3.63, 3.8) is 0 Å². The quantitative estimate of drug-likeness (QED) is 0.724. The molecule has 1 atom stereocenters. The van der Waals surface area contributed by atoms with Crippen LogP contribution in [0.25, 0.3) is 0 Å². The van der Waals surface area contributed by atoms with E-state index in [0.29, 0.717) is 15.6 Å². The number of halogens is 3. The first-order chi connectivity index (χ1) is 8.65. The molecule has 1 unspecified atom stereocenters. The second kappa shape index (κ2) is 6.27. The van der Waals surface area contributed by atoms with E-state index in [1.807, 2.05) is 4.90 Å². The summed E-state index contributed by atoms with van der Waals surface area (Å²) >= 11 is 15.5. The number of rotatable bonds is 2. The molecule has 98 valence electrons. The van der Waals surface area contributed by atoms with Crippen LogP contribution in [0.1, 0.15) is 29.6 Å². The van der Waals surface area contributed by atoms with E-state index in [1.165, 1.54) is 6.42 Å². The van der Waals surface area contributed by atoms with Crippen LogP contribution in [0.5, 0.6) is 0 Å². The number of hydrogen-bond donors (Lipinski definition) is 0. The van der Waals surface area contributed by atoms with Gasteiger partial charge in [-0.3, -0.25) is 4.79 Å². The predicted octanol–water partition coefficient (Wildman–Crippen LogP) is 4.38. The minimum Gasteiger partial charge on any atom is -0.335 e. The maximum absolute atomic E-state index is 12.5. The fourth-order valence-corrected chi connectivity index (χ4v) is 3.31. The highest BCUT2D eigenvalue weighted by Crippen LogP contribution is 2.28. The number of hydrogen-bond acceptors (Lipinski definition) is 1. The lowest BCUT2D eigenvalue weighted by atomic mass is 10.0. The van der Waals surface area contributed by atoms with Gasteiger partial charge in [-0.15, -0.1) is 0 Å². The molecule has 0 N–H and O–H groups in total. The lowest BCUT2D eigenvalue weighted by Gasteiger charge is -2.35. The van der Waals surface area contributed by atoms with E-state index in [2.05, 4.69) is 15.9 Å². The average Bonchev–Trinajstić information content (AvgIpc) is 2.41. The zero-order valence-corrected chi connectivity index (χ0v) is 12.9. The maximum Gasteiger partial charge on any atom is 0.255 e. The second-order valence-electron chi connectivity index (χ2n) is 4.40. The van der Waals surface area contributed by atoms with Crippen molar-refractivity contribution in [1.82, 2.24) is 4.90 Å². The van der Waals surface area contributed by atoms with Crippen molar-refractivity contribution in [2.45, 2.75) is 25.3 Å². The number of carbonyl (C=O) groups is 1. The van der Waals surface area contributed by atoms with Crippen LogP contribution in [0.3, 0.4) is 0 Å². The molecular formula is C13H14BrCl2NO. The van der Waals surface area contributed by atoms with Crippen molar-refractivity contribution in [2.24, 2.45) is 0 Å². The average molecular weight is 351 g/mol. The summed E-state index contributed by atoms with van der Waals surface area (Å²) in [5.41, 5.74) is 0.497. The highest BCUT2D eigenvalue weighted by molar-refractivity contribution is 9.09. The summed E-state index contributed by atoms with van der Waals surface area (Å²) in [5.74, 6) is -0.0216. The Morgan fingerprint density at radius 2 is 2.17 bits per heavy atom. The molecule has 0 radical (unpaired) electrons. The first kappa shape index (κ1) is 14.2. The van der Waals surface area contributed by atoms with Gasteiger partial charge >= 0.3 is 0 Å². The lowest BCUT2D eigenvalue weighted by Crippen LogP contribution is -2.44. The van der Waals surface area contributed by atoms with Gasteiger partial charge in [-0.2, -0.15) is 0 Å². The summed E-state index contributed by atoms with van der Waals surface area (Å²) in [5, 5.41) is 1.58. The van der Waals surface area contributed by atoms with E-state index in [-0.39, 0.29) is 11.9 Å². The van der Waals surface area contributed by atoms with Crippen LogP contribution in [0.15, 0.2) is 18.2 Å². The minimum absolute atomic E-state index is 0.0216. The van der Waals surface area contributed by atoms with Gasteiger partial charge in [-0.05, 0) is 31.4 Å². The molecule has 0 saturated carbocycles. The lowest BCUT2D eigenvalue weighted by molar-refractivity contribution is 0.0642. The first-order valence-corrected chi connectivity index (χ1v) is 7.84. The van der Waals surface area contributed by atoms with Crippen LogP contribution in [0, 0.1) is 0 Å². The summed E-state index contributed by atoms with van der Waals surface area (Å²) < 4.78 is 0. The van der Waals surface area contributed by atoms with Crippen LogP contribution in [0.2, 0.25) is 10.0 Å². The van der Waals surface area contributed by atoms with E-state index >= 15 is 0 Å². The standard InChI is InChI=1S/C13H14BrCl2NO/c14-8-9-4-1-2-7-17(9)13(18)10-5-3-6-11(15)12(10)16/h3,5-6,9H,1-2,4,7-8H2. The summed E-state index contributed by atoms with van der Waals surface area (Å²) in [7, 11) is 0. The fourth-order valence-electron chi connectivity index (χ4n) is 2.25. The van der Waals surface area contributed by atoms with E-state index in [4.69, 9.17) is 23.2 Å². The predicted molar refractivity (Wildman–Crippen MR) is 78.9 cm³/mol. The van der Waals surface area contributed by atoms with Crippen molar-refractivity contribution in [3.8, 4) is 0 Å². The van der Waals surface area contributed by atoms with Crippen LogP contribution < -0.4 is 0 Å². The topological polar surface area (TPSA) is 20.3 Å². The molecule has 18 heavy (non-hydrogen) atoms. The van der Waals surface area contributed by atoms with Crippen LogP contribution in [0.4, 0.5) is 0 Å². The zero-order valence-electron chi connectivity index (χ0n) is 9.83. The Labute approximate surface area is 125 Å². The number of likely N-dealkylation sites (tertiary alicyclic amines) is 1. The van der Waals surface area contributed by atoms with Gasteiger partial charge in [0.05, 0.1) is 15.6 Å². The summed E-state index contributed by atoms with van der Waals surface area (Å²) in [4.78, 5) is 14.4. The third-order valence-electron chi connectivity index (χ3n) is 3.25. The summed E-state index contributed by atoms with van der Waals surface area (Å²) in [6, 6.07) is 5.44. The van der Waals surface area contributed by atoms with Gasteiger partial charge in [-0.1, -0.05) is 45.2 Å². The molecule has 1 aromatic carbocycles. The molecule has 0 spiro atoms. The molecule has 1 fully saturated rings. The largest absolute Gasteiger partial charge is 0.335 e. The number of amides is 1. The molecule has 5 heteroatoms. The van der Waals surface area contributed by atoms with Crippen LogP contribution in [-0.4, -0.2) is 28.7 Å². The van der Waals surface area contributed by atoms with Crippen molar-refractivity contribution in [3.05, 3.63) is 33.8 Å². The number of piperidine rings is 1.